The van der Waals surface area contributed by atoms with Crippen molar-refractivity contribution in [2.24, 2.45) is 5.73 Å². The van der Waals surface area contributed by atoms with Gasteiger partial charge in [0.1, 0.15) is 5.03 Å². The van der Waals surface area contributed by atoms with Gasteiger partial charge in [0.25, 0.3) is 0 Å². The second kappa shape index (κ2) is 3.68. The van der Waals surface area contributed by atoms with E-state index >= 15 is 0 Å². The molecule has 0 atom stereocenters. The van der Waals surface area contributed by atoms with Crippen molar-refractivity contribution in [2.45, 2.75) is 30.3 Å². The highest BCUT2D eigenvalue weighted by atomic mass is 32.2. The molecule has 70 valence electrons. The van der Waals surface area contributed by atoms with Crippen molar-refractivity contribution >= 4 is 11.8 Å². The average molecular weight is 194 g/mol. The lowest BCUT2D eigenvalue weighted by atomic mass is 10.2. The number of hydrogen-bond donors (Lipinski definition) is 1. The van der Waals surface area contributed by atoms with Crippen molar-refractivity contribution in [1.29, 1.82) is 0 Å². The maximum Gasteiger partial charge on any atom is 0.101 e. The molecule has 1 aromatic rings. The number of nitrogens with zero attached hydrogens (tertiary/aromatic N) is 1. The number of rotatable bonds is 3. The predicted molar refractivity (Wildman–Crippen MR) is 55.9 cm³/mol. The lowest BCUT2D eigenvalue weighted by Gasteiger charge is -2.05. The summed E-state index contributed by atoms with van der Waals surface area (Å²) >= 11 is 1.69. The Kier molecular flexibility index (Phi) is 2.56. The molecule has 1 heterocycles. The molecule has 2 rings (SSSR count). The third-order valence-electron chi connectivity index (χ3n) is 2.37. The van der Waals surface area contributed by atoms with Crippen LogP contribution in [0, 0.1) is 0 Å². The minimum Gasteiger partial charge on any atom is -0.326 e. The first kappa shape index (κ1) is 9.03. The second-order valence-corrected chi connectivity index (χ2v) is 4.18. The van der Waals surface area contributed by atoms with Crippen LogP contribution in [0.2, 0.25) is 0 Å². The molecule has 1 saturated carbocycles. The normalized spacial score (nSPS) is 16.2. The number of thioether (sulfide) groups is 1. The zero-order valence-electron chi connectivity index (χ0n) is 7.79. The molecule has 0 bridgehead atoms. The smallest absolute Gasteiger partial charge is 0.101 e. The van der Waals surface area contributed by atoms with Gasteiger partial charge in [0.05, 0.1) is 0 Å². The fraction of sp³-hybridized carbons (Fsp3) is 0.500. The lowest BCUT2D eigenvalue weighted by molar-refractivity contribution is 0.903. The van der Waals surface area contributed by atoms with Gasteiger partial charge in [-0.15, -0.1) is 11.8 Å². The van der Waals surface area contributed by atoms with Crippen molar-refractivity contribution in [1.82, 2.24) is 4.98 Å². The Labute approximate surface area is 82.9 Å². The predicted octanol–water partition coefficient (Wildman–Crippen LogP) is 2.14. The zero-order chi connectivity index (χ0) is 9.26. The molecule has 3 heteroatoms. The van der Waals surface area contributed by atoms with Gasteiger partial charge < -0.3 is 5.73 Å². The summed E-state index contributed by atoms with van der Waals surface area (Å²) in [4.78, 5) is 4.61. The minimum absolute atomic E-state index is 0.591. The number of pyridine rings is 1. The van der Waals surface area contributed by atoms with Gasteiger partial charge in [-0.2, -0.15) is 0 Å². The van der Waals surface area contributed by atoms with E-state index in [-0.39, 0.29) is 0 Å². The Balaban J connectivity index is 2.31. The minimum atomic E-state index is 0.591. The molecule has 1 aliphatic rings. The SMILES string of the molecule is CSc1nc(C2CC2)ccc1CN. The Morgan fingerprint density at radius 3 is 2.85 bits per heavy atom. The van der Waals surface area contributed by atoms with E-state index < -0.39 is 0 Å². The Bertz CT molecular complexity index is 308. The van der Waals surface area contributed by atoms with Crippen molar-refractivity contribution < 1.29 is 0 Å². The molecule has 1 fully saturated rings. The summed E-state index contributed by atoms with van der Waals surface area (Å²) in [7, 11) is 0. The molecule has 2 N–H and O–H groups in total. The molecule has 0 radical (unpaired) electrons. The van der Waals surface area contributed by atoms with Crippen LogP contribution in [0.5, 0.6) is 0 Å². The fourth-order valence-electron chi connectivity index (χ4n) is 1.42. The molecule has 13 heavy (non-hydrogen) atoms. The Morgan fingerprint density at radius 2 is 2.31 bits per heavy atom. The topological polar surface area (TPSA) is 38.9 Å². The molecule has 0 saturated heterocycles. The quantitative estimate of drug-likeness (QED) is 0.749. The van der Waals surface area contributed by atoms with E-state index in [1.54, 1.807) is 11.8 Å². The molecular weight excluding hydrogens is 180 g/mol. The van der Waals surface area contributed by atoms with E-state index in [0.29, 0.717) is 6.54 Å². The maximum absolute atomic E-state index is 5.61. The van der Waals surface area contributed by atoms with Crippen molar-refractivity contribution in [3.8, 4) is 0 Å². The largest absolute Gasteiger partial charge is 0.326 e. The van der Waals surface area contributed by atoms with Crippen molar-refractivity contribution in [2.75, 3.05) is 6.26 Å². The summed E-state index contributed by atoms with van der Waals surface area (Å²) in [6, 6.07) is 4.24. The third-order valence-corrected chi connectivity index (χ3v) is 3.11. The van der Waals surface area contributed by atoms with Crippen LogP contribution in [0.3, 0.4) is 0 Å². The van der Waals surface area contributed by atoms with Crippen LogP contribution in [0.15, 0.2) is 17.2 Å². The van der Waals surface area contributed by atoms with Gasteiger partial charge in [0, 0.05) is 18.2 Å². The summed E-state index contributed by atoms with van der Waals surface area (Å²) in [5, 5.41) is 1.10. The van der Waals surface area contributed by atoms with E-state index in [9.17, 15) is 0 Å². The van der Waals surface area contributed by atoms with Gasteiger partial charge in [0.15, 0.2) is 0 Å². The summed E-state index contributed by atoms with van der Waals surface area (Å²) in [6.07, 6.45) is 4.67. The highest BCUT2D eigenvalue weighted by molar-refractivity contribution is 7.98. The van der Waals surface area contributed by atoms with Crippen molar-refractivity contribution in [3.63, 3.8) is 0 Å². The number of nitrogens with two attached hydrogens (primary N) is 1. The van der Waals surface area contributed by atoms with Crippen LogP contribution in [0.25, 0.3) is 0 Å². The van der Waals surface area contributed by atoms with Gasteiger partial charge in [-0.25, -0.2) is 4.98 Å². The van der Waals surface area contributed by atoms with E-state index in [1.165, 1.54) is 18.5 Å². The first-order chi connectivity index (χ1) is 6.35. The molecule has 0 spiro atoms. The second-order valence-electron chi connectivity index (χ2n) is 3.38. The average Bonchev–Trinajstić information content (AvgIpc) is 3.00. The van der Waals surface area contributed by atoms with E-state index in [0.717, 1.165) is 16.5 Å². The molecule has 0 aliphatic heterocycles. The monoisotopic (exact) mass is 194 g/mol. The lowest BCUT2D eigenvalue weighted by Crippen LogP contribution is -2.01. The van der Waals surface area contributed by atoms with Gasteiger partial charge in [0.2, 0.25) is 0 Å². The molecule has 0 amide bonds. The molecule has 0 aromatic carbocycles. The summed E-state index contributed by atoms with van der Waals surface area (Å²) in [5.41, 5.74) is 8.03. The summed E-state index contributed by atoms with van der Waals surface area (Å²) < 4.78 is 0. The van der Waals surface area contributed by atoms with E-state index in [4.69, 9.17) is 5.73 Å². The summed E-state index contributed by atoms with van der Waals surface area (Å²) in [6.45, 7) is 0.591. The molecular formula is C10H14N2S. The molecule has 1 aromatic heterocycles. The fourth-order valence-corrected chi connectivity index (χ4v) is 2.03. The van der Waals surface area contributed by atoms with Gasteiger partial charge >= 0.3 is 0 Å². The van der Waals surface area contributed by atoms with Crippen LogP contribution in [0.4, 0.5) is 0 Å². The van der Waals surface area contributed by atoms with E-state index in [2.05, 4.69) is 23.4 Å². The van der Waals surface area contributed by atoms with Crippen LogP contribution in [-0.2, 0) is 6.54 Å². The highest BCUT2D eigenvalue weighted by Crippen LogP contribution is 2.39. The molecule has 1 aliphatic carbocycles. The third kappa shape index (κ3) is 1.86. The highest BCUT2D eigenvalue weighted by Gasteiger charge is 2.25. The Hall–Kier alpha value is -0.540. The standard InChI is InChI=1S/C10H14N2S/c1-13-10-8(6-11)4-5-9(12-10)7-2-3-7/h4-5,7H,2-3,6,11H2,1H3. The van der Waals surface area contributed by atoms with Gasteiger partial charge in [-0.3, -0.25) is 0 Å². The molecule has 2 nitrogen and oxygen atoms in total. The van der Waals surface area contributed by atoms with Gasteiger partial charge in [-0.05, 0) is 30.7 Å². The van der Waals surface area contributed by atoms with Crippen LogP contribution < -0.4 is 5.73 Å². The van der Waals surface area contributed by atoms with Crippen molar-refractivity contribution in [3.05, 3.63) is 23.4 Å². The first-order valence-corrected chi connectivity index (χ1v) is 5.81. The summed E-state index contributed by atoms with van der Waals surface area (Å²) in [5.74, 6) is 0.734. The number of aromatic nitrogens is 1. The Morgan fingerprint density at radius 1 is 1.54 bits per heavy atom. The van der Waals surface area contributed by atoms with E-state index in [1.807, 2.05) is 0 Å². The maximum atomic E-state index is 5.61. The number of hydrogen-bond acceptors (Lipinski definition) is 3. The van der Waals surface area contributed by atoms with Gasteiger partial charge in [-0.1, -0.05) is 6.07 Å². The first-order valence-electron chi connectivity index (χ1n) is 4.59. The van der Waals surface area contributed by atoms with Crippen LogP contribution in [0.1, 0.15) is 30.0 Å². The van der Waals surface area contributed by atoms with Crippen LogP contribution in [-0.4, -0.2) is 11.2 Å². The molecule has 0 unspecified atom stereocenters. The van der Waals surface area contributed by atoms with Crippen LogP contribution >= 0.6 is 11.8 Å². The zero-order valence-corrected chi connectivity index (χ0v) is 8.60.